The summed E-state index contributed by atoms with van der Waals surface area (Å²) in [4.78, 5) is 26.8. The lowest BCUT2D eigenvalue weighted by atomic mass is 9.87. The first-order valence-corrected chi connectivity index (χ1v) is 10.5. The molecule has 0 saturated heterocycles. The second kappa shape index (κ2) is 9.73. The number of nitrogens with one attached hydrogen (secondary N) is 1. The van der Waals surface area contributed by atoms with Crippen molar-refractivity contribution in [1.82, 2.24) is 10.2 Å². The molecule has 0 aromatic heterocycles. The molecule has 1 aliphatic rings. The van der Waals surface area contributed by atoms with E-state index in [1.807, 2.05) is 56.3 Å². The number of rotatable bonds is 7. The molecule has 3 atom stereocenters. The predicted octanol–water partition coefficient (Wildman–Crippen LogP) is 3.86. The maximum absolute atomic E-state index is 13.3. The second-order valence-corrected chi connectivity index (χ2v) is 7.81. The zero-order chi connectivity index (χ0) is 22.5. The van der Waals surface area contributed by atoms with Gasteiger partial charge >= 0.3 is 12.0 Å². The third kappa shape index (κ3) is 4.60. The molecule has 1 heterocycles. The summed E-state index contributed by atoms with van der Waals surface area (Å²) < 4.78 is 11.0. The minimum Gasteiger partial charge on any atom is -0.493 e. The Balaban J connectivity index is 2.03. The van der Waals surface area contributed by atoms with Crippen molar-refractivity contribution in [3.05, 3.63) is 59.2 Å². The Kier molecular flexibility index (Phi) is 7.05. The molecule has 2 amide bonds. The normalized spacial score (nSPS) is 17.3. The minimum absolute atomic E-state index is 0.182. The van der Waals surface area contributed by atoms with Crippen molar-refractivity contribution in [3.8, 4) is 11.5 Å². The van der Waals surface area contributed by atoms with Crippen molar-refractivity contribution in [2.45, 2.75) is 38.8 Å². The van der Waals surface area contributed by atoms with Crippen molar-refractivity contribution >= 4 is 12.0 Å². The Hall–Kier alpha value is -3.22. The van der Waals surface area contributed by atoms with Gasteiger partial charge in [-0.25, -0.2) is 9.59 Å². The number of ether oxygens (including phenoxy) is 2. The predicted molar refractivity (Wildman–Crippen MR) is 118 cm³/mol. The first-order valence-electron chi connectivity index (χ1n) is 10.5. The Labute approximate surface area is 183 Å². The Bertz CT molecular complexity index is 931. The highest BCUT2D eigenvalue weighted by Gasteiger charge is 2.35. The van der Waals surface area contributed by atoms with Crippen molar-refractivity contribution < 1.29 is 24.2 Å². The maximum Gasteiger partial charge on any atom is 0.326 e. The van der Waals surface area contributed by atoms with Gasteiger partial charge in [-0.1, -0.05) is 50.6 Å². The number of aliphatic carboxylic acids is 1. The van der Waals surface area contributed by atoms with Gasteiger partial charge in [-0.05, 0) is 41.2 Å². The van der Waals surface area contributed by atoms with Gasteiger partial charge in [0.25, 0.3) is 0 Å². The van der Waals surface area contributed by atoms with Crippen LogP contribution in [-0.4, -0.2) is 48.8 Å². The van der Waals surface area contributed by atoms with Gasteiger partial charge in [0, 0.05) is 6.54 Å². The standard InChI is InChI=1S/C24H30N2O5/c1-5-15(2)21(23(27)28)25-24(29)26-12-11-17-13-19(30-3)20(31-4)14-18(17)22(26)16-9-7-6-8-10-16/h6-10,13-15,21-22H,5,11-12H2,1-4H3,(H,25,29)(H,27,28)/t15-,21-,22-/m0/s1. The molecule has 31 heavy (non-hydrogen) atoms. The zero-order valence-corrected chi connectivity index (χ0v) is 18.4. The van der Waals surface area contributed by atoms with Crippen LogP contribution in [-0.2, 0) is 11.2 Å². The molecular formula is C24H30N2O5. The number of benzene rings is 2. The Morgan fingerprint density at radius 3 is 2.39 bits per heavy atom. The molecule has 7 nitrogen and oxygen atoms in total. The first-order chi connectivity index (χ1) is 14.9. The lowest BCUT2D eigenvalue weighted by molar-refractivity contribution is -0.140. The van der Waals surface area contributed by atoms with Crippen LogP contribution in [0.5, 0.6) is 11.5 Å². The van der Waals surface area contributed by atoms with Gasteiger partial charge < -0.3 is 24.8 Å². The highest BCUT2D eigenvalue weighted by Crippen LogP contribution is 2.41. The van der Waals surface area contributed by atoms with E-state index in [1.165, 1.54) is 0 Å². The molecule has 0 unspecified atom stereocenters. The van der Waals surface area contributed by atoms with Gasteiger partial charge in [-0.3, -0.25) is 0 Å². The largest absolute Gasteiger partial charge is 0.493 e. The van der Waals surface area contributed by atoms with Crippen molar-refractivity contribution in [1.29, 1.82) is 0 Å². The van der Waals surface area contributed by atoms with Crippen LogP contribution in [0.25, 0.3) is 0 Å². The highest BCUT2D eigenvalue weighted by molar-refractivity contribution is 5.83. The van der Waals surface area contributed by atoms with E-state index in [9.17, 15) is 14.7 Å². The molecule has 1 aliphatic heterocycles. The molecule has 0 bridgehead atoms. The third-order valence-corrected chi connectivity index (χ3v) is 6.01. The summed E-state index contributed by atoms with van der Waals surface area (Å²) in [5.41, 5.74) is 2.97. The van der Waals surface area contributed by atoms with Gasteiger partial charge in [0.1, 0.15) is 6.04 Å². The Morgan fingerprint density at radius 2 is 1.81 bits per heavy atom. The summed E-state index contributed by atoms with van der Waals surface area (Å²) in [5.74, 6) is 0.0296. The lowest BCUT2D eigenvalue weighted by Gasteiger charge is -2.39. The average molecular weight is 427 g/mol. The summed E-state index contributed by atoms with van der Waals surface area (Å²) in [5, 5.41) is 12.4. The molecule has 0 fully saturated rings. The van der Waals surface area contributed by atoms with Gasteiger partial charge in [-0.2, -0.15) is 0 Å². The minimum atomic E-state index is -1.03. The summed E-state index contributed by atoms with van der Waals surface area (Å²) in [7, 11) is 3.18. The topological polar surface area (TPSA) is 88.1 Å². The maximum atomic E-state index is 13.3. The van der Waals surface area contributed by atoms with E-state index in [1.54, 1.807) is 19.1 Å². The van der Waals surface area contributed by atoms with Gasteiger partial charge in [0.2, 0.25) is 0 Å². The molecular weight excluding hydrogens is 396 g/mol. The van der Waals surface area contributed by atoms with Crippen LogP contribution in [0.15, 0.2) is 42.5 Å². The van der Waals surface area contributed by atoms with Crippen molar-refractivity contribution in [2.75, 3.05) is 20.8 Å². The van der Waals surface area contributed by atoms with Gasteiger partial charge in [0.15, 0.2) is 11.5 Å². The molecule has 3 rings (SSSR count). The number of urea groups is 1. The number of carboxylic acids is 1. The van der Waals surface area contributed by atoms with E-state index in [0.717, 1.165) is 16.7 Å². The van der Waals surface area contributed by atoms with Gasteiger partial charge in [-0.15, -0.1) is 0 Å². The molecule has 2 aromatic carbocycles. The van der Waals surface area contributed by atoms with E-state index in [4.69, 9.17) is 9.47 Å². The molecule has 2 N–H and O–H groups in total. The lowest BCUT2D eigenvalue weighted by Crippen LogP contribution is -2.53. The smallest absolute Gasteiger partial charge is 0.326 e. The number of carbonyl (C=O) groups excluding carboxylic acids is 1. The fourth-order valence-electron chi connectivity index (χ4n) is 4.06. The van der Waals surface area contributed by atoms with Crippen molar-refractivity contribution in [3.63, 3.8) is 0 Å². The van der Waals surface area contributed by atoms with Crippen LogP contribution in [0.1, 0.15) is 43.0 Å². The molecule has 0 radical (unpaired) electrons. The molecule has 0 spiro atoms. The Morgan fingerprint density at radius 1 is 1.16 bits per heavy atom. The van der Waals surface area contributed by atoms with Crippen LogP contribution >= 0.6 is 0 Å². The van der Waals surface area contributed by atoms with Gasteiger partial charge in [0.05, 0.1) is 20.3 Å². The number of amides is 2. The van der Waals surface area contributed by atoms with E-state index < -0.39 is 12.0 Å². The van der Waals surface area contributed by atoms with Crippen LogP contribution < -0.4 is 14.8 Å². The summed E-state index contributed by atoms with van der Waals surface area (Å²) >= 11 is 0. The summed E-state index contributed by atoms with van der Waals surface area (Å²) in [6.07, 6.45) is 1.28. The number of hydrogen-bond donors (Lipinski definition) is 2. The molecule has 7 heteroatoms. The molecule has 0 saturated carbocycles. The molecule has 2 aromatic rings. The second-order valence-electron chi connectivity index (χ2n) is 7.81. The molecule has 0 aliphatic carbocycles. The first kappa shape index (κ1) is 22.5. The monoisotopic (exact) mass is 426 g/mol. The van der Waals surface area contributed by atoms with Crippen LogP contribution in [0.4, 0.5) is 4.79 Å². The van der Waals surface area contributed by atoms with E-state index >= 15 is 0 Å². The summed E-state index contributed by atoms with van der Waals surface area (Å²) in [6, 6.07) is 11.9. The van der Waals surface area contributed by atoms with E-state index in [0.29, 0.717) is 30.9 Å². The number of nitrogens with zero attached hydrogens (tertiary/aromatic N) is 1. The third-order valence-electron chi connectivity index (χ3n) is 6.01. The number of hydrogen-bond acceptors (Lipinski definition) is 4. The number of fused-ring (bicyclic) bond motifs is 1. The number of carboxylic acid groups (broad SMARTS) is 1. The zero-order valence-electron chi connectivity index (χ0n) is 18.4. The molecule has 166 valence electrons. The van der Waals surface area contributed by atoms with Crippen LogP contribution in [0.3, 0.4) is 0 Å². The van der Waals surface area contributed by atoms with Crippen molar-refractivity contribution in [2.24, 2.45) is 5.92 Å². The fourth-order valence-corrected chi connectivity index (χ4v) is 4.06. The summed E-state index contributed by atoms with van der Waals surface area (Å²) in [6.45, 7) is 4.20. The fraction of sp³-hybridized carbons (Fsp3) is 0.417. The highest BCUT2D eigenvalue weighted by atomic mass is 16.5. The van der Waals surface area contributed by atoms with E-state index in [-0.39, 0.29) is 18.0 Å². The SMILES string of the molecule is CC[C@H](C)[C@H](NC(=O)N1CCc2cc(OC)c(OC)cc2[C@@H]1c1ccccc1)C(=O)O. The quantitative estimate of drug-likeness (QED) is 0.702. The number of methoxy groups -OCH3 is 2. The number of carbonyl (C=O) groups is 2. The van der Waals surface area contributed by atoms with E-state index in [2.05, 4.69) is 5.32 Å². The van der Waals surface area contributed by atoms with Crippen LogP contribution in [0.2, 0.25) is 0 Å². The van der Waals surface area contributed by atoms with Crippen LogP contribution in [0, 0.1) is 5.92 Å². The average Bonchev–Trinajstić information content (AvgIpc) is 2.80.